The van der Waals surface area contributed by atoms with E-state index in [1.54, 1.807) is 7.11 Å². The predicted molar refractivity (Wildman–Crippen MR) is 135 cm³/mol. The quantitative estimate of drug-likeness (QED) is 0.556. The molecule has 2 unspecified atom stereocenters. The number of aromatic nitrogens is 1. The maximum atomic E-state index is 12.9. The van der Waals surface area contributed by atoms with Gasteiger partial charge in [-0.25, -0.2) is 0 Å². The number of methoxy groups -OCH3 is 1. The molecule has 3 heterocycles. The highest BCUT2D eigenvalue weighted by Gasteiger charge is 2.28. The van der Waals surface area contributed by atoms with E-state index in [1.165, 1.54) is 38.0 Å². The summed E-state index contributed by atoms with van der Waals surface area (Å²) in [5.74, 6) is 1.38. The van der Waals surface area contributed by atoms with Crippen molar-refractivity contribution in [1.82, 2.24) is 9.88 Å². The Morgan fingerprint density at radius 3 is 2.79 bits per heavy atom. The van der Waals surface area contributed by atoms with Gasteiger partial charge in [-0.2, -0.15) is 0 Å². The van der Waals surface area contributed by atoms with Crippen molar-refractivity contribution in [1.29, 1.82) is 0 Å². The highest BCUT2D eigenvalue weighted by Crippen LogP contribution is 2.30. The van der Waals surface area contributed by atoms with Crippen molar-refractivity contribution in [2.45, 2.75) is 39.2 Å². The second-order valence-corrected chi connectivity index (χ2v) is 9.68. The number of rotatable bonds is 6. The van der Waals surface area contributed by atoms with Crippen molar-refractivity contribution in [2.75, 3.05) is 43.5 Å². The molecule has 2 N–H and O–H groups in total. The van der Waals surface area contributed by atoms with E-state index >= 15 is 0 Å². The largest absolute Gasteiger partial charge is 0.497 e. The summed E-state index contributed by atoms with van der Waals surface area (Å²) in [7, 11) is 1.64. The molecule has 6 nitrogen and oxygen atoms in total. The molecule has 0 aliphatic carbocycles. The van der Waals surface area contributed by atoms with E-state index < -0.39 is 0 Å². The lowest BCUT2D eigenvalue weighted by molar-refractivity contribution is 0.102. The fourth-order valence-electron chi connectivity index (χ4n) is 5.35. The Hall–Kier alpha value is -2.99. The van der Waals surface area contributed by atoms with Crippen LogP contribution < -0.4 is 15.0 Å². The standard InChI is InChI=1S/C27H34N4O2/c1-18-13-22(31-12-10-20(17-31)16-30-11-4-5-19(30)2)6-8-24(18)29-27(32)26-15-21-14-23(33-3)7-9-25(21)28-26/h6-9,13-15,19-20,28H,4-5,10-12,16-17H2,1-3H3,(H,29,32). The fourth-order valence-corrected chi connectivity index (χ4v) is 5.35. The first kappa shape index (κ1) is 21.8. The summed E-state index contributed by atoms with van der Waals surface area (Å²) < 4.78 is 5.28. The van der Waals surface area contributed by atoms with Crippen molar-refractivity contribution in [3.63, 3.8) is 0 Å². The minimum atomic E-state index is -0.137. The number of fused-ring (bicyclic) bond motifs is 1. The monoisotopic (exact) mass is 446 g/mol. The molecule has 1 amide bonds. The number of hydrogen-bond acceptors (Lipinski definition) is 4. The van der Waals surface area contributed by atoms with Gasteiger partial charge >= 0.3 is 0 Å². The van der Waals surface area contributed by atoms with Crippen LogP contribution in [0.3, 0.4) is 0 Å². The number of ether oxygens (including phenoxy) is 1. The molecule has 5 rings (SSSR count). The summed E-state index contributed by atoms with van der Waals surface area (Å²) in [6.45, 7) is 9.14. The zero-order chi connectivity index (χ0) is 22.9. The molecule has 2 aliphatic rings. The fraction of sp³-hybridized carbons (Fsp3) is 0.444. The molecular formula is C27H34N4O2. The number of aromatic amines is 1. The number of H-pyrrole nitrogens is 1. The highest BCUT2D eigenvalue weighted by molar-refractivity contribution is 6.06. The van der Waals surface area contributed by atoms with Gasteiger partial charge in [-0.05, 0) is 93.6 Å². The first-order chi connectivity index (χ1) is 16.0. The van der Waals surface area contributed by atoms with Gasteiger partial charge in [0.1, 0.15) is 11.4 Å². The van der Waals surface area contributed by atoms with E-state index in [2.05, 4.69) is 46.1 Å². The van der Waals surface area contributed by atoms with Gasteiger partial charge in [0.25, 0.3) is 5.91 Å². The lowest BCUT2D eigenvalue weighted by Gasteiger charge is -2.25. The summed E-state index contributed by atoms with van der Waals surface area (Å²) in [6, 6.07) is 14.7. The molecule has 0 saturated carbocycles. The van der Waals surface area contributed by atoms with Crippen LogP contribution >= 0.6 is 0 Å². The Balaban J connectivity index is 1.23. The van der Waals surface area contributed by atoms with Crippen LogP contribution in [0.4, 0.5) is 11.4 Å². The second-order valence-electron chi connectivity index (χ2n) is 9.68. The SMILES string of the molecule is COc1ccc2[nH]c(C(=O)Nc3ccc(N4CCC(CN5CCCC5C)C4)cc3C)cc2c1. The molecule has 2 atom stereocenters. The zero-order valence-electron chi connectivity index (χ0n) is 19.9. The van der Waals surface area contributed by atoms with Gasteiger partial charge in [0.05, 0.1) is 7.11 Å². The Bertz CT molecular complexity index is 1150. The molecular weight excluding hydrogens is 412 g/mol. The molecule has 33 heavy (non-hydrogen) atoms. The Morgan fingerprint density at radius 2 is 2.03 bits per heavy atom. The lowest BCUT2D eigenvalue weighted by Crippen LogP contribution is -2.33. The molecule has 1 aromatic heterocycles. The van der Waals surface area contributed by atoms with Gasteiger partial charge in [0, 0.05) is 48.0 Å². The third kappa shape index (κ3) is 4.58. The first-order valence-corrected chi connectivity index (χ1v) is 12.1. The van der Waals surface area contributed by atoms with Crippen LogP contribution in [0.1, 0.15) is 42.2 Å². The Kier molecular flexibility index (Phi) is 6.02. The highest BCUT2D eigenvalue weighted by atomic mass is 16.5. The molecule has 6 heteroatoms. The zero-order valence-corrected chi connectivity index (χ0v) is 19.9. The summed E-state index contributed by atoms with van der Waals surface area (Å²) in [5.41, 5.74) is 4.64. The van der Waals surface area contributed by atoms with Crippen LogP contribution in [-0.2, 0) is 0 Å². The molecule has 0 radical (unpaired) electrons. The molecule has 2 saturated heterocycles. The maximum absolute atomic E-state index is 12.9. The number of carbonyl (C=O) groups is 1. The van der Waals surface area contributed by atoms with E-state index in [-0.39, 0.29) is 5.91 Å². The van der Waals surface area contributed by atoms with Gasteiger partial charge in [0.2, 0.25) is 0 Å². The number of anilines is 2. The molecule has 2 fully saturated rings. The van der Waals surface area contributed by atoms with Crippen LogP contribution in [0, 0.1) is 12.8 Å². The molecule has 2 aliphatic heterocycles. The molecule has 0 spiro atoms. The van der Waals surface area contributed by atoms with Crippen LogP contribution in [0.2, 0.25) is 0 Å². The Morgan fingerprint density at radius 1 is 1.15 bits per heavy atom. The summed E-state index contributed by atoms with van der Waals surface area (Å²) in [5, 5.41) is 4.03. The van der Waals surface area contributed by atoms with E-state index in [4.69, 9.17) is 4.74 Å². The number of likely N-dealkylation sites (tertiary alicyclic amines) is 1. The van der Waals surface area contributed by atoms with Crippen LogP contribution in [0.25, 0.3) is 10.9 Å². The van der Waals surface area contributed by atoms with Crippen molar-refractivity contribution >= 4 is 28.2 Å². The number of nitrogens with one attached hydrogen (secondary N) is 2. The van der Waals surface area contributed by atoms with Gasteiger partial charge in [-0.15, -0.1) is 0 Å². The van der Waals surface area contributed by atoms with Gasteiger partial charge in [-0.3, -0.25) is 4.79 Å². The average molecular weight is 447 g/mol. The van der Waals surface area contributed by atoms with Crippen molar-refractivity contribution in [2.24, 2.45) is 5.92 Å². The smallest absolute Gasteiger partial charge is 0.272 e. The summed E-state index contributed by atoms with van der Waals surface area (Å²) in [6.07, 6.45) is 3.94. The van der Waals surface area contributed by atoms with Gasteiger partial charge < -0.3 is 24.8 Å². The number of nitrogens with zero attached hydrogens (tertiary/aromatic N) is 2. The van der Waals surface area contributed by atoms with E-state index in [0.29, 0.717) is 5.69 Å². The maximum Gasteiger partial charge on any atom is 0.272 e. The van der Waals surface area contributed by atoms with Gasteiger partial charge in [0.15, 0.2) is 0 Å². The lowest BCUT2D eigenvalue weighted by atomic mass is 10.1. The molecule has 3 aromatic rings. The number of carbonyl (C=O) groups excluding carboxylic acids is 1. The minimum Gasteiger partial charge on any atom is -0.497 e. The van der Waals surface area contributed by atoms with E-state index in [9.17, 15) is 4.79 Å². The van der Waals surface area contributed by atoms with Crippen LogP contribution in [-0.4, -0.2) is 55.1 Å². The minimum absolute atomic E-state index is 0.137. The third-order valence-corrected chi connectivity index (χ3v) is 7.37. The summed E-state index contributed by atoms with van der Waals surface area (Å²) in [4.78, 5) is 21.2. The molecule has 2 aromatic carbocycles. The second kappa shape index (κ2) is 9.10. The molecule has 0 bridgehead atoms. The van der Waals surface area contributed by atoms with Gasteiger partial charge in [-0.1, -0.05) is 0 Å². The average Bonchev–Trinajstić information content (AvgIpc) is 3.55. The topological polar surface area (TPSA) is 60.6 Å². The number of aryl methyl sites for hydroxylation is 1. The predicted octanol–water partition coefficient (Wildman–Crippen LogP) is 5.05. The van der Waals surface area contributed by atoms with Crippen molar-refractivity contribution in [3.8, 4) is 5.75 Å². The summed E-state index contributed by atoms with van der Waals surface area (Å²) >= 11 is 0. The third-order valence-electron chi connectivity index (χ3n) is 7.37. The number of hydrogen-bond donors (Lipinski definition) is 2. The normalized spacial score (nSPS) is 21.1. The molecule has 174 valence electrons. The number of amides is 1. The number of benzene rings is 2. The van der Waals surface area contributed by atoms with E-state index in [0.717, 1.165) is 53.0 Å². The van der Waals surface area contributed by atoms with Crippen LogP contribution in [0.15, 0.2) is 42.5 Å². The Labute approximate surface area is 195 Å². The van der Waals surface area contributed by atoms with Crippen molar-refractivity contribution in [3.05, 3.63) is 53.7 Å². The first-order valence-electron chi connectivity index (χ1n) is 12.1. The van der Waals surface area contributed by atoms with E-state index in [1.807, 2.05) is 30.3 Å². The van der Waals surface area contributed by atoms with Crippen molar-refractivity contribution < 1.29 is 9.53 Å². The van der Waals surface area contributed by atoms with Crippen LogP contribution in [0.5, 0.6) is 5.75 Å².